The van der Waals surface area contributed by atoms with E-state index in [-0.39, 0.29) is 17.6 Å². The van der Waals surface area contributed by atoms with Crippen molar-refractivity contribution in [1.82, 2.24) is 4.90 Å². The number of guanidine groups is 1. The summed E-state index contributed by atoms with van der Waals surface area (Å²) in [5.41, 5.74) is 7.09. The molecule has 0 aromatic heterocycles. The van der Waals surface area contributed by atoms with E-state index in [0.29, 0.717) is 23.1 Å². The Kier molecular flexibility index (Phi) is 6.36. The number of nitrogens with one attached hydrogen (secondary N) is 2. The van der Waals surface area contributed by atoms with Crippen LogP contribution in [0.4, 0.5) is 8.78 Å². The first-order valence-electron chi connectivity index (χ1n) is 10.7. The van der Waals surface area contributed by atoms with Gasteiger partial charge < -0.3 is 9.64 Å². The molecule has 1 amide bonds. The summed E-state index contributed by atoms with van der Waals surface area (Å²) in [6, 6.07) is 4.06. The molecule has 0 aliphatic carbocycles. The highest BCUT2D eigenvalue weighted by atomic mass is 19.3. The van der Waals surface area contributed by atoms with E-state index in [1.165, 1.54) is 9.80 Å². The summed E-state index contributed by atoms with van der Waals surface area (Å²) in [6.45, 7) is 3.73. The molecule has 3 rings (SSSR count). The van der Waals surface area contributed by atoms with Crippen LogP contribution in [-0.2, 0) is 10.3 Å². The van der Waals surface area contributed by atoms with E-state index in [4.69, 9.17) is 10.5 Å². The minimum atomic E-state index is -2.89. The van der Waals surface area contributed by atoms with Crippen LogP contribution in [0.2, 0.25) is 0 Å². The van der Waals surface area contributed by atoms with E-state index >= 15 is 0 Å². The highest BCUT2D eigenvalue weighted by Crippen LogP contribution is 2.39. The second kappa shape index (κ2) is 8.49. The zero-order chi connectivity index (χ0) is 22.2. The summed E-state index contributed by atoms with van der Waals surface area (Å²) >= 11 is 0. The number of ether oxygens (including phenoxy) is 1. The van der Waals surface area contributed by atoms with Gasteiger partial charge in [-0.1, -0.05) is 13.3 Å². The van der Waals surface area contributed by atoms with Crippen molar-refractivity contribution in [1.29, 1.82) is 0 Å². The Bertz CT molecular complexity index is 821. The minimum absolute atomic E-state index is 0.0504. The number of carbonyl (C=O) groups excluding carboxylic acids is 1. The number of aryl methyl sites for hydroxylation is 2. The molecule has 1 aromatic carbocycles. The average Bonchev–Trinajstić information content (AvgIpc) is 2.91. The first-order chi connectivity index (χ1) is 14.1. The first kappa shape index (κ1) is 22.5. The van der Waals surface area contributed by atoms with Crippen LogP contribution in [0, 0.1) is 19.8 Å². The van der Waals surface area contributed by atoms with Crippen molar-refractivity contribution >= 4 is 11.9 Å². The van der Waals surface area contributed by atoms with Crippen LogP contribution >= 0.6 is 0 Å². The van der Waals surface area contributed by atoms with Crippen molar-refractivity contribution in [2.75, 3.05) is 20.6 Å². The fraction of sp³-hybridized carbons (Fsp3) is 0.636. The minimum Gasteiger partial charge on any atom is -0.434 e. The Hall–Kier alpha value is -2.22. The van der Waals surface area contributed by atoms with E-state index in [9.17, 15) is 13.6 Å². The summed E-state index contributed by atoms with van der Waals surface area (Å²) in [5, 5.41) is 0. The Morgan fingerprint density at radius 2 is 2.00 bits per heavy atom. The van der Waals surface area contributed by atoms with Gasteiger partial charge in [0.25, 0.3) is 0 Å². The van der Waals surface area contributed by atoms with Crippen molar-refractivity contribution < 1.29 is 28.2 Å². The van der Waals surface area contributed by atoms with Gasteiger partial charge in [0.05, 0.1) is 26.7 Å². The summed E-state index contributed by atoms with van der Waals surface area (Å²) in [5.74, 6) is 0.438. The lowest BCUT2D eigenvalue weighted by Gasteiger charge is -2.40. The van der Waals surface area contributed by atoms with E-state index < -0.39 is 12.2 Å². The second-order valence-electron chi connectivity index (χ2n) is 8.80. The third-order valence-electron chi connectivity index (χ3n) is 6.85. The lowest BCUT2D eigenvalue weighted by atomic mass is 9.70. The van der Waals surface area contributed by atoms with E-state index in [1.807, 2.05) is 0 Å². The van der Waals surface area contributed by atoms with Gasteiger partial charge in [-0.3, -0.25) is 15.5 Å². The topological polar surface area (TPSA) is 74.0 Å². The fourth-order valence-electron chi connectivity index (χ4n) is 5.25. The van der Waals surface area contributed by atoms with E-state index in [1.54, 1.807) is 33.0 Å². The number of benzene rings is 1. The van der Waals surface area contributed by atoms with E-state index in [2.05, 4.69) is 19.0 Å². The Balaban J connectivity index is 2.10. The number of hydrogen-bond acceptors (Lipinski definition) is 3. The zero-order valence-electron chi connectivity index (χ0n) is 18.5. The van der Waals surface area contributed by atoms with Crippen molar-refractivity contribution in [3.05, 3.63) is 28.8 Å². The van der Waals surface area contributed by atoms with Crippen LogP contribution in [0.3, 0.4) is 0 Å². The molecular formula is C22H34F2N4O2+2. The van der Waals surface area contributed by atoms with Gasteiger partial charge in [-0.2, -0.15) is 8.78 Å². The Morgan fingerprint density at radius 3 is 2.50 bits per heavy atom. The molecule has 6 nitrogen and oxygen atoms in total. The van der Waals surface area contributed by atoms with Crippen molar-refractivity contribution in [3.8, 4) is 5.75 Å². The highest BCUT2D eigenvalue weighted by molar-refractivity contribution is 6.01. The predicted molar refractivity (Wildman–Crippen MR) is 110 cm³/mol. The van der Waals surface area contributed by atoms with Gasteiger partial charge in [0.1, 0.15) is 5.75 Å². The number of hydrogen-bond donors (Lipinski definition) is 3. The fourth-order valence-corrected chi connectivity index (χ4v) is 5.25. The number of nitrogens with zero attached hydrogens (tertiary/aromatic N) is 1. The number of likely N-dealkylation sites (N-methyl/N-ethyl adjacent to an activating group) is 1. The van der Waals surface area contributed by atoms with Crippen LogP contribution in [0.25, 0.3) is 0 Å². The molecule has 8 heteroatoms. The monoisotopic (exact) mass is 424 g/mol. The Morgan fingerprint density at radius 1 is 1.37 bits per heavy atom. The molecule has 30 heavy (non-hydrogen) atoms. The number of carbonyl (C=O) groups is 1. The number of halogens is 2. The van der Waals surface area contributed by atoms with E-state index in [0.717, 1.165) is 37.8 Å². The molecule has 0 radical (unpaired) electrons. The third-order valence-corrected chi connectivity index (χ3v) is 6.85. The van der Waals surface area contributed by atoms with Gasteiger partial charge >= 0.3 is 18.5 Å². The van der Waals surface area contributed by atoms with Gasteiger partial charge in [0, 0.05) is 24.3 Å². The number of quaternary nitrogens is 1. The molecule has 4 atom stereocenters. The summed E-state index contributed by atoms with van der Waals surface area (Å²) in [7, 11) is 3.88. The summed E-state index contributed by atoms with van der Waals surface area (Å²) < 4.78 is 30.4. The quantitative estimate of drug-likeness (QED) is 0.605. The molecule has 1 fully saturated rings. The lowest BCUT2D eigenvalue weighted by molar-refractivity contribution is -0.914. The number of piperidine rings is 1. The normalized spacial score (nSPS) is 29.5. The van der Waals surface area contributed by atoms with Gasteiger partial charge in [-0.25, -0.2) is 4.90 Å². The molecule has 0 spiro atoms. The molecule has 2 heterocycles. The number of likely N-dealkylation sites (tertiary alicyclic amines) is 1. The largest absolute Gasteiger partial charge is 0.434 e. The maximum absolute atomic E-state index is 13.6. The summed E-state index contributed by atoms with van der Waals surface area (Å²) in [4.78, 5) is 19.9. The first-order valence-corrected chi connectivity index (χ1v) is 10.7. The lowest BCUT2D eigenvalue weighted by Crippen LogP contribution is -3.14. The number of alkyl halides is 2. The zero-order valence-corrected chi connectivity index (χ0v) is 18.5. The SMILES string of the molecule is CCCC1CC(C2(c3cc(C)c(OC(F)F)c(C)c3)[NH+]=C(N)N(C)C2=O)CC[NH+]1C. The molecule has 2 aliphatic rings. The highest BCUT2D eigenvalue weighted by Gasteiger charge is 2.59. The maximum atomic E-state index is 13.6. The second-order valence-corrected chi connectivity index (χ2v) is 8.80. The smallest absolute Gasteiger partial charge is 0.387 e. The van der Waals surface area contributed by atoms with Crippen LogP contribution in [-0.4, -0.2) is 50.1 Å². The van der Waals surface area contributed by atoms with Crippen LogP contribution < -0.4 is 20.4 Å². The van der Waals surface area contributed by atoms with Gasteiger partial charge in [0.2, 0.25) is 5.54 Å². The molecule has 0 saturated carbocycles. The average molecular weight is 425 g/mol. The van der Waals surface area contributed by atoms with Crippen LogP contribution in [0.1, 0.15) is 49.3 Å². The molecule has 2 aliphatic heterocycles. The van der Waals surface area contributed by atoms with Crippen molar-refractivity contribution in [2.45, 2.75) is 64.6 Å². The molecular weight excluding hydrogens is 390 g/mol. The third kappa shape index (κ3) is 3.77. The van der Waals surface area contributed by atoms with Gasteiger partial charge in [-0.05, 0) is 43.5 Å². The predicted octanol–water partition coefficient (Wildman–Crippen LogP) is 0.0608. The van der Waals surface area contributed by atoms with Crippen LogP contribution in [0.15, 0.2) is 12.1 Å². The number of amides is 1. The molecule has 4 N–H and O–H groups in total. The Labute approximate surface area is 177 Å². The van der Waals surface area contributed by atoms with Crippen molar-refractivity contribution in [2.24, 2.45) is 11.7 Å². The number of nitrogens with two attached hydrogens (primary N) is 1. The molecule has 4 unspecified atom stereocenters. The number of rotatable bonds is 6. The van der Waals surface area contributed by atoms with Crippen molar-refractivity contribution in [3.63, 3.8) is 0 Å². The standard InChI is InChI=1S/C22H32F2N4O2/c1-6-7-17-12-15(8-9-27(17)4)22(19(29)28(5)21(25)26-22)16-10-13(2)18(14(3)11-16)30-20(23)24/h10-11,15,17,20H,6-9,12H2,1-5H3,(H2,25,26)/p+2. The molecule has 1 aromatic rings. The van der Waals surface area contributed by atoms with Gasteiger partial charge in [0.15, 0.2) is 0 Å². The maximum Gasteiger partial charge on any atom is 0.387 e. The van der Waals surface area contributed by atoms with Gasteiger partial charge in [-0.15, -0.1) is 0 Å². The molecule has 0 bridgehead atoms. The van der Waals surface area contributed by atoms with Crippen LogP contribution in [0.5, 0.6) is 5.75 Å². The summed E-state index contributed by atoms with van der Waals surface area (Å²) in [6.07, 6.45) is 3.96. The molecule has 1 saturated heterocycles. The molecule has 166 valence electrons.